The van der Waals surface area contributed by atoms with Gasteiger partial charge in [-0.3, -0.25) is 9.59 Å². The van der Waals surface area contributed by atoms with Crippen molar-refractivity contribution in [2.24, 2.45) is 0 Å². The van der Waals surface area contributed by atoms with E-state index >= 15 is 0 Å². The molecule has 0 fully saturated rings. The molecular weight excluding hydrogens is 488 g/mol. The first-order valence-electron chi connectivity index (χ1n) is 13.5. The maximum absolute atomic E-state index is 13.4. The number of hydrogen-bond acceptors (Lipinski definition) is 2. The quantitative estimate of drug-likeness (QED) is 0.135. The van der Waals surface area contributed by atoms with Crippen LogP contribution < -0.4 is 10.9 Å². The van der Waals surface area contributed by atoms with Crippen LogP contribution in [0.15, 0.2) is 143 Å². The zero-order valence-electron chi connectivity index (χ0n) is 21.5. The Bertz CT molecular complexity index is 2330. The van der Waals surface area contributed by atoms with Crippen molar-refractivity contribution in [3.8, 4) is 33.4 Å². The van der Waals surface area contributed by atoms with Crippen LogP contribution in [0.1, 0.15) is 0 Å². The van der Waals surface area contributed by atoms with Gasteiger partial charge in [0, 0.05) is 21.5 Å². The Morgan fingerprint density at radius 1 is 0.325 bits per heavy atom. The number of fused-ring (bicyclic) bond motifs is 3. The van der Waals surface area contributed by atoms with Gasteiger partial charge in [-0.15, -0.1) is 0 Å². The van der Waals surface area contributed by atoms with Gasteiger partial charge in [-0.05, 0) is 61.0 Å². The van der Waals surface area contributed by atoms with Crippen molar-refractivity contribution < 1.29 is 0 Å². The van der Waals surface area contributed by atoms with Gasteiger partial charge in [-0.1, -0.05) is 127 Å². The van der Waals surface area contributed by atoms with Gasteiger partial charge in [0.25, 0.3) is 0 Å². The zero-order valence-corrected chi connectivity index (χ0v) is 21.5. The molecule has 0 radical (unpaired) electrons. The molecule has 0 aliphatic heterocycles. The van der Waals surface area contributed by atoms with Crippen molar-refractivity contribution in [3.63, 3.8) is 0 Å². The summed E-state index contributed by atoms with van der Waals surface area (Å²) in [6.07, 6.45) is 0. The minimum atomic E-state index is -0.436. The fraction of sp³-hybridized carbons (Fsp3) is 0. The molecule has 0 aromatic heterocycles. The minimum Gasteiger partial charge on any atom is -0.285 e. The Morgan fingerprint density at radius 3 is 1.27 bits per heavy atom. The highest BCUT2D eigenvalue weighted by Gasteiger charge is 2.24. The molecule has 0 N–H and O–H groups in total. The highest BCUT2D eigenvalue weighted by atomic mass is 16.2. The van der Waals surface area contributed by atoms with E-state index in [1.165, 1.54) is 0 Å². The third-order valence-electron chi connectivity index (χ3n) is 8.17. The molecule has 0 bridgehead atoms. The van der Waals surface area contributed by atoms with E-state index in [9.17, 15) is 9.59 Å². The van der Waals surface area contributed by atoms with Crippen LogP contribution in [0.25, 0.3) is 76.5 Å². The first-order chi connectivity index (χ1) is 19.7. The van der Waals surface area contributed by atoms with Crippen LogP contribution in [0, 0.1) is 0 Å². The standard InChI is InChI=1S/C38H22O2/c39-37-28-20-10-18-26-33(28)34-27(19-11-21-29(34)38(37)40)36-32(25-16-8-3-9-17-25)30(23-12-4-1-5-13-23)22-31(35(26)36)24-14-6-2-7-15-24/h1-22H. The predicted molar refractivity (Wildman–Crippen MR) is 168 cm³/mol. The molecule has 0 spiro atoms. The summed E-state index contributed by atoms with van der Waals surface area (Å²) in [6.45, 7) is 0. The van der Waals surface area contributed by atoms with Crippen molar-refractivity contribution in [2.75, 3.05) is 0 Å². The lowest BCUT2D eigenvalue weighted by Gasteiger charge is -2.22. The summed E-state index contributed by atoms with van der Waals surface area (Å²) >= 11 is 0. The second-order valence-electron chi connectivity index (χ2n) is 10.3. The Hall–Kier alpha value is -5.34. The van der Waals surface area contributed by atoms with Crippen molar-refractivity contribution >= 4 is 43.1 Å². The molecule has 186 valence electrons. The lowest BCUT2D eigenvalue weighted by Crippen LogP contribution is -2.24. The molecule has 2 nitrogen and oxygen atoms in total. The first kappa shape index (κ1) is 22.6. The number of benzene rings is 8. The zero-order chi connectivity index (χ0) is 26.8. The van der Waals surface area contributed by atoms with Gasteiger partial charge in [-0.2, -0.15) is 0 Å². The van der Waals surface area contributed by atoms with Crippen LogP contribution in [0.4, 0.5) is 0 Å². The largest absolute Gasteiger partial charge is 0.285 e. The van der Waals surface area contributed by atoms with Gasteiger partial charge in [0.2, 0.25) is 10.9 Å². The Labute approximate surface area is 230 Å². The van der Waals surface area contributed by atoms with E-state index in [-0.39, 0.29) is 0 Å². The van der Waals surface area contributed by atoms with Crippen LogP contribution in [0.5, 0.6) is 0 Å². The summed E-state index contributed by atoms with van der Waals surface area (Å²) < 4.78 is 0. The molecule has 8 aromatic carbocycles. The van der Waals surface area contributed by atoms with Gasteiger partial charge < -0.3 is 0 Å². The van der Waals surface area contributed by atoms with Crippen LogP contribution in [0.2, 0.25) is 0 Å². The van der Waals surface area contributed by atoms with E-state index in [0.717, 1.165) is 65.7 Å². The summed E-state index contributed by atoms with van der Waals surface area (Å²) in [4.78, 5) is 26.7. The fourth-order valence-electron chi connectivity index (χ4n) is 6.51. The molecule has 8 aromatic rings. The van der Waals surface area contributed by atoms with Crippen molar-refractivity contribution in [1.82, 2.24) is 0 Å². The van der Waals surface area contributed by atoms with Gasteiger partial charge in [0.1, 0.15) is 0 Å². The average molecular weight is 511 g/mol. The van der Waals surface area contributed by atoms with Crippen molar-refractivity contribution in [3.05, 3.63) is 154 Å². The average Bonchev–Trinajstić information content (AvgIpc) is 3.03. The summed E-state index contributed by atoms with van der Waals surface area (Å²) in [5.74, 6) is 0. The molecule has 0 saturated heterocycles. The predicted octanol–water partition coefficient (Wildman–Crippen LogP) is 8.90. The van der Waals surface area contributed by atoms with Gasteiger partial charge >= 0.3 is 0 Å². The Morgan fingerprint density at radius 2 is 0.750 bits per heavy atom. The van der Waals surface area contributed by atoms with Crippen molar-refractivity contribution in [2.45, 2.75) is 0 Å². The van der Waals surface area contributed by atoms with E-state index in [1.54, 1.807) is 12.1 Å². The maximum Gasteiger partial charge on any atom is 0.234 e. The fourth-order valence-corrected chi connectivity index (χ4v) is 6.51. The summed E-state index contributed by atoms with van der Waals surface area (Å²) in [7, 11) is 0. The molecule has 0 atom stereocenters. The molecule has 0 aliphatic carbocycles. The molecule has 0 heterocycles. The third kappa shape index (κ3) is 3.11. The van der Waals surface area contributed by atoms with Crippen LogP contribution in [0.3, 0.4) is 0 Å². The lowest BCUT2D eigenvalue weighted by molar-refractivity contribution is 1.59. The van der Waals surface area contributed by atoms with E-state index in [0.29, 0.717) is 10.8 Å². The highest BCUT2D eigenvalue weighted by Crippen LogP contribution is 2.49. The van der Waals surface area contributed by atoms with E-state index < -0.39 is 10.9 Å². The molecule has 0 saturated carbocycles. The third-order valence-corrected chi connectivity index (χ3v) is 8.17. The second kappa shape index (κ2) is 8.59. The first-order valence-corrected chi connectivity index (χ1v) is 13.5. The summed E-state index contributed by atoms with van der Waals surface area (Å²) in [6, 6.07) is 45.3. The van der Waals surface area contributed by atoms with E-state index in [4.69, 9.17) is 0 Å². The molecule has 0 aliphatic rings. The normalized spacial score (nSPS) is 11.7. The highest BCUT2D eigenvalue weighted by molar-refractivity contribution is 6.38. The topological polar surface area (TPSA) is 34.1 Å². The maximum atomic E-state index is 13.4. The van der Waals surface area contributed by atoms with Crippen molar-refractivity contribution in [1.29, 1.82) is 0 Å². The molecule has 2 heteroatoms. The van der Waals surface area contributed by atoms with E-state index in [1.807, 2.05) is 30.3 Å². The molecular formula is C38H22O2. The van der Waals surface area contributed by atoms with Crippen LogP contribution in [-0.4, -0.2) is 0 Å². The number of rotatable bonds is 3. The van der Waals surface area contributed by atoms with Gasteiger partial charge in [0.15, 0.2) is 0 Å². The summed E-state index contributed by atoms with van der Waals surface area (Å²) in [5.41, 5.74) is 5.80. The second-order valence-corrected chi connectivity index (χ2v) is 10.3. The molecule has 0 unspecified atom stereocenters. The van der Waals surface area contributed by atoms with E-state index in [2.05, 4.69) is 91.0 Å². The molecule has 40 heavy (non-hydrogen) atoms. The Balaban J connectivity index is 1.76. The van der Waals surface area contributed by atoms with Gasteiger partial charge in [-0.25, -0.2) is 0 Å². The number of hydrogen-bond donors (Lipinski definition) is 0. The smallest absolute Gasteiger partial charge is 0.234 e. The summed E-state index contributed by atoms with van der Waals surface area (Å²) in [5, 5.41) is 6.87. The Kier molecular flexibility index (Phi) is 4.86. The van der Waals surface area contributed by atoms with Crippen LogP contribution in [-0.2, 0) is 0 Å². The van der Waals surface area contributed by atoms with Gasteiger partial charge in [0.05, 0.1) is 0 Å². The minimum absolute atomic E-state index is 0.435. The molecule has 0 amide bonds. The SMILES string of the molecule is O=c1c(=O)c2cccc3c4c(-c5ccccc5)c(-c5ccccc5)cc(-c5ccccc5)c4c4cccc1c4c23. The van der Waals surface area contributed by atoms with Crippen LogP contribution >= 0.6 is 0 Å². The molecule has 8 rings (SSSR count). The lowest BCUT2D eigenvalue weighted by atomic mass is 9.80. The monoisotopic (exact) mass is 510 g/mol.